The molecule has 0 N–H and O–H groups in total. The number of carbonyl (C=O) groups excluding carboxylic acids is 2. The van der Waals surface area contributed by atoms with Crippen molar-refractivity contribution in [3.63, 3.8) is 0 Å². The fourth-order valence-corrected chi connectivity index (χ4v) is 5.80. The van der Waals surface area contributed by atoms with Crippen molar-refractivity contribution in [1.29, 1.82) is 5.26 Å². The third-order valence-corrected chi connectivity index (χ3v) is 8.35. The zero-order valence-electron chi connectivity index (χ0n) is 23.0. The molecule has 1 heterocycles. The van der Waals surface area contributed by atoms with Crippen LogP contribution in [-0.4, -0.2) is 64.4 Å². The molecule has 0 spiro atoms. The topological polar surface area (TPSA) is 92.1 Å². The molecule has 9 heteroatoms. The van der Waals surface area contributed by atoms with Crippen LogP contribution in [0.5, 0.6) is 0 Å². The van der Waals surface area contributed by atoms with E-state index < -0.39 is 19.7 Å². The third-order valence-electron chi connectivity index (χ3n) is 6.00. The monoisotopic (exact) mass is 519 g/mol. The third kappa shape index (κ3) is 8.33. The Bertz CT molecular complexity index is 899. The van der Waals surface area contributed by atoms with Crippen molar-refractivity contribution in [3.05, 3.63) is 35.4 Å². The number of ether oxygens (including phenoxy) is 1. The van der Waals surface area contributed by atoms with Crippen LogP contribution < -0.4 is 0 Å². The quantitative estimate of drug-likeness (QED) is 0.161. The molecule has 8 nitrogen and oxygen atoms in total. The lowest BCUT2D eigenvalue weighted by atomic mass is 10.0. The van der Waals surface area contributed by atoms with E-state index in [9.17, 15) is 9.59 Å². The number of carbonyl (C=O) groups is 2. The van der Waals surface area contributed by atoms with Gasteiger partial charge in [-0.2, -0.15) is 5.26 Å². The van der Waals surface area contributed by atoms with Crippen molar-refractivity contribution in [2.24, 2.45) is 0 Å². The SMILES string of the molecule is CC(C)N(C(C)C)P(OCCC#N)OC(C)(C)CCOC(C)(C)CCN1C(=O)c2ccccc2C1=O. The molecular weight excluding hydrogens is 477 g/mol. The summed E-state index contributed by atoms with van der Waals surface area (Å²) in [7, 11) is -1.35. The minimum absolute atomic E-state index is 0.228. The summed E-state index contributed by atoms with van der Waals surface area (Å²) in [5.41, 5.74) is -0.115. The molecule has 0 saturated carbocycles. The zero-order valence-corrected chi connectivity index (χ0v) is 23.9. The van der Waals surface area contributed by atoms with E-state index in [4.69, 9.17) is 19.0 Å². The van der Waals surface area contributed by atoms with E-state index in [-0.39, 0.29) is 23.9 Å². The van der Waals surface area contributed by atoms with E-state index in [0.717, 1.165) is 0 Å². The maximum absolute atomic E-state index is 12.6. The van der Waals surface area contributed by atoms with Gasteiger partial charge in [-0.25, -0.2) is 4.67 Å². The van der Waals surface area contributed by atoms with Gasteiger partial charge in [0.1, 0.15) is 0 Å². The maximum Gasteiger partial charge on any atom is 0.261 e. The van der Waals surface area contributed by atoms with Crippen molar-refractivity contribution in [1.82, 2.24) is 9.57 Å². The normalized spacial score (nSPS) is 15.2. The fourth-order valence-electron chi connectivity index (χ4n) is 4.01. The summed E-state index contributed by atoms with van der Waals surface area (Å²) in [4.78, 5) is 26.6. The van der Waals surface area contributed by atoms with Crippen molar-refractivity contribution >= 4 is 20.3 Å². The van der Waals surface area contributed by atoms with Crippen LogP contribution in [0.1, 0.15) is 95.4 Å². The smallest absolute Gasteiger partial charge is 0.261 e. The number of nitrogens with zero attached hydrogens (tertiary/aromatic N) is 3. The molecule has 1 unspecified atom stereocenters. The van der Waals surface area contributed by atoms with E-state index >= 15 is 0 Å². The number of rotatable bonds is 15. The Morgan fingerprint density at radius 1 is 0.944 bits per heavy atom. The average Bonchev–Trinajstić information content (AvgIpc) is 3.01. The van der Waals surface area contributed by atoms with Crippen LogP contribution in [0.3, 0.4) is 0 Å². The lowest BCUT2D eigenvalue weighted by Crippen LogP contribution is -2.38. The molecule has 0 aromatic heterocycles. The van der Waals surface area contributed by atoms with Crippen LogP contribution in [-0.2, 0) is 13.8 Å². The van der Waals surface area contributed by atoms with Crippen LogP contribution in [0.15, 0.2) is 24.3 Å². The minimum Gasteiger partial charge on any atom is -0.375 e. The van der Waals surface area contributed by atoms with Gasteiger partial charge in [0.05, 0.1) is 48.0 Å². The molecule has 0 bridgehead atoms. The van der Waals surface area contributed by atoms with Gasteiger partial charge in [0, 0.05) is 18.6 Å². The highest BCUT2D eigenvalue weighted by Crippen LogP contribution is 2.49. The van der Waals surface area contributed by atoms with Crippen LogP contribution in [0.4, 0.5) is 0 Å². The molecule has 1 aliphatic heterocycles. The standard InChI is InChI=1S/C27H42N3O5P/c1-20(2)30(21(3)4)36(34-18-11-16-28)35-27(7,8)15-19-33-26(5,6)14-17-29-24(31)22-12-9-10-13-23(22)25(29)32/h9-10,12-13,20-21H,11,14-15,17-19H2,1-8H3. The highest BCUT2D eigenvalue weighted by molar-refractivity contribution is 7.44. The van der Waals surface area contributed by atoms with Gasteiger partial charge >= 0.3 is 0 Å². The molecule has 0 fully saturated rings. The molecule has 200 valence electrons. The number of imide groups is 1. The Labute approximate surface area is 217 Å². The first kappa shape index (κ1) is 30.3. The van der Waals surface area contributed by atoms with E-state index in [2.05, 4.69) is 38.4 Å². The van der Waals surface area contributed by atoms with Gasteiger partial charge in [-0.3, -0.25) is 14.5 Å². The summed E-state index contributed by atoms with van der Waals surface area (Å²) in [6, 6.07) is 9.50. The Morgan fingerprint density at radius 3 is 2.00 bits per heavy atom. The summed E-state index contributed by atoms with van der Waals surface area (Å²) >= 11 is 0. The molecule has 2 amide bonds. The van der Waals surface area contributed by atoms with Crippen molar-refractivity contribution in [3.8, 4) is 6.07 Å². The second kappa shape index (κ2) is 13.1. The summed E-state index contributed by atoms with van der Waals surface area (Å²) < 4.78 is 20.9. The van der Waals surface area contributed by atoms with Gasteiger partial charge < -0.3 is 13.8 Å². The molecule has 1 aromatic rings. The Kier molecular flexibility index (Phi) is 11.0. The molecule has 1 atom stereocenters. The Morgan fingerprint density at radius 2 is 1.50 bits per heavy atom. The highest BCUT2D eigenvalue weighted by Gasteiger charge is 2.37. The van der Waals surface area contributed by atoms with E-state index in [1.165, 1.54) is 4.90 Å². The second-order valence-electron chi connectivity index (χ2n) is 10.8. The van der Waals surface area contributed by atoms with E-state index in [1.54, 1.807) is 24.3 Å². The molecular formula is C27H42N3O5P. The molecule has 0 radical (unpaired) electrons. The predicted octanol–water partition coefficient (Wildman–Crippen LogP) is 5.93. The largest absolute Gasteiger partial charge is 0.375 e. The number of hydrogen-bond donors (Lipinski definition) is 0. The minimum atomic E-state index is -1.35. The fraction of sp³-hybridized carbons (Fsp3) is 0.667. The first-order valence-corrected chi connectivity index (χ1v) is 13.8. The molecule has 1 aromatic carbocycles. The Balaban J connectivity index is 1.91. The van der Waals surface area contributed by atoms with Crippen LogP contribution in [0.25, 0.3) is 0 Å². The molecule has 36 heavy (non-hydrogen) atoms. The summed E-state index contributed by atoms with van der Waals surface area (Å²) in [5.74, 6) is -0.490. The van der Waals surface area contributed by atoms with Gasteiger partial charge in [-0.05, 0) is 80.4 Å². The predicted molar refractivity (Wildman–Crippen MR) is 141 cm³/mol. The van der Waals surface area contributed by atoms with Crippen molar-refractivity contribution in [2.45, 2.75) is 97.9 Å². The molecule has 0 saturated heterocycles. The summed E-state index contributed by atoms with van der Waals surface area (Å²) in [6.07, 6.45) is 1.48. The van der Waals surface area contributed by atoms with Crippen LogP contribution in [0.2, 0.25) is 0 Å². The van der Waals surface area contributed by atoms with Crippen molar-refractivity contribution < 1.29 is 23.4 Å². The van der Waals surface area contributed by atoms with Crippen molar-refractivity contribution in [2.75, 3.05) is 19.8 Å². The van der Waals surface area contributed by atoms with Gasteiger partial charge in [0.2, 0.25) is 0 Å². The highest BCUT2D eigenvalue weighted by atomic mass is 31.2. The van der Waals surface area contributed by atoms with Crippen LogP contribution >= 0.6 is 8.53 Å². The first-order valence-electron chi connectivity index (χ1n) is 12.7. The second-order valence-corrected chi connectivity index (χ2v) is 12.2. The van der Waals surface area contributed by atoms with Gasteiger partial charge in [-0.15, -0.1) is 0 Å². The first-order chi connectivity index (χ1) is 16.8. The number of hydrogen-bond acceptors (Lipinski definition) is 7. The van der Waals surface area contributed by atoms with Gasteiger partial charge in [0.15, 0.2) is 0 Å². The van der Waals surface area contributed by atoms with Crippen LogP contribution in [0, 0.1) is 11.3 Å². The van der Waals surface area contributed by atoms with Gasteiger partial charge in [0.25, 0.3) is 20.3 Å². The number of benzene rings is 1. The lowest BCUT2D eigenvalue weighted by Gasteiger charge is -2.40. The lowest BCUT2D eigenvalue weighted by molar-refractivity contribution is -0.0488. The van der Waals surface area contributed by atoms with E-state index in [0.29, 0.717) is 50.1 Å². The molecule has 1 aliphatic rings. The average molecular weight is 520 g/mol. The van der Waals surface area contributed by atoms with E-state index in [1.807, 2.05) is 27.7 Å². The van der Waals surface area contributed by atoms with Gasteiger partial charge in [-0.1, -0.05) is 12.1 Å². The number of fused-ring (bicyclic) bond motifs is 1. The number of amides is 2. The number of nitriles is 1. The Hall–Kier alpha value is -1.88. The molecule has 0 aliphatic carbocycles. The molecule has 2 rings (SSSR count). The maximum atomic E-state index is 12.6. The summed E-state index contributed by atoms with van der Waals surface area (Å²) in [5, 5.41) is 8.91. The zero-order chi connectivity index (χ0) is 27.1. The summed E-state index contributed by atoms with van der Waals surface area (Å²) in [6.45, 7) is 17.5.